The number of carbonyl (C=O) groups excluding carboxylic acids is 1. The summed E-state index contributed by atoms with van der Waals surface area (Å²) >= 11 is 8.61. The number of alkyl halides is 1. The summed E-state index contributed by atoms with van der Waals surface area (Å²) in [4.78, 5) is 10.7. The van der Waals surface area contributed by atoms with Gasteiger partial charge in [0.2, 0.25) is 5.91 Å². The first-order valence-electron chi connectivity index (χ1n) is 4.29. The molecule has 0 spiro atoms. The van der Waals surface area contributed by atoms with Crippen LogP contribution in [0.25, 0.3) is 0 Å². The molecule has 16 heavy (non-hydrogen) atoms. The first-order chi connectivity index (χ1) is 7.33. The highest BCUT2D eigenvalue weighted by Gasteiger charge is 2.19. The quantitative estimate of drug-likeness (QED) is 0.863. The molecule has 0 radical (unpaired) electrons. The molecule has 0 aliphatic rings. The minimum atomic E-state index is -3.81. The molecule has 1 unspecified atom stereocenters. The van der Waals surface area contributed by atoms with E-state index in [9.17, 15) is 13.2 Å². The van der Waals surface area contributed by atoms with Crippen LogP contribution in [0.5, 0.6) is 0 Å². The van der Waals surface area contributed by atoms with Gasteiger partial charge in [0.25, 0.3) is 10.0 Å². The number of hydrogen-bond acceptors (Lipinski definition) is 3. The predicted molar refractivity (Wildman–Crippen MR) is 65.2 cm³/mol. The highest BCUT2D eigenvalue weighted by atomic mass is 79.9. The molecule has 1 atom stereocenters. The molecule has 88 valence electrons. The van der Waals surface area contributed by atoms with Crippen molar-refractivity contribution in [1.29, 1.82) is 0 Å². The van der Waals surface area contributed by atoms with Crippen molar-refractivity contribution in [1.82, 2.24) is 4.72 Å². The monoisotopic (exact) mass is 325 g/mol. The zero-order valence-corrected chi connectivity index (χ0v) is 11.4. The van der Waals surface area contributed by atoms with Crippen molar-refractivity contribution in [2.45, 2.75) is 16.6 Å². The molecule has 0 saturated carbocycles. The number of hydrogen-bond donors (Lipinski definition) is 1. The van der Waals surface area contributed by atoms with Gasteiger partial charge < -0.3 is 0 Å². The number of rotatable bonds is 3. The molecule has 0 aliphatic carbocycles. The third kappa shape index (κ3) is 3.47. The summed E-state index contributed by atoms with van der Waals surface area (Å²) in [6.45, 7) is 1.53. The molecule has 0 fully saturated rings. The van der Waals surface area contributed by atoms with Crippen LogP contribution in [0.3, 0.4) is 0 Å². The van der Waals surface area contributed by atoms with Gasteiger partial charge in [-0.3, -0.25) is 4.79 Å². The minimum absolute atomic E-state index is 0.00148. The molecule has 0 bridgehead atoms. The van der Waals surface area contributed by atoms with Gasteiger partial charge in [-0.1, -0.05) is 27.5 Å². The van der Waals surface area contributed by atoms with Crippen LogP contribution < -0.4 is 4.72 Å². The zero-order valence-electron chi connectivity index (χ0n) is 8.28. The molecule has 7 heteroatoms. The van der Waals surface area contributed by atoms with Crippen LogP contribution >= 0.6 is 27.5 Å². The van der Waals surface area contributed by atoms with E-state index in [0.717, 1.165) is 0 Å². The normalized spacial score (nSPS) is 13.2. The van der Waals surface area contributed by atoms with E-state index in [0.29, 0.717) is 5.02 Å². The maximum atomic E-state index is 11.7. The molecule has 4 nitrogen and oxygen atoms in total. The SMILES string of the molecule is CC(Br)C(=O)NS(=O)(=O)c1ccc(Cl)cc1. The average Bonchev–Trinajstić information content (AvgIpc) is 2.17. The van der Waals surface area contributed by atoms with Crippen LogP contribution in [0.15, 0.2) is 29.2 Å². The van der Waals surface area contributed by atoms with Crippen molar-refractivity contribution >= 4 is 43.5 Å². The lowest BCUT2D eigenvalue weighted by Gasteiger charge is -2.07. The van der Waals surface area contributed by atoms with Crippen molar-refractivity contribution in [2.24, 2.45) is 0 Å². The fraction of sp³-hybridized carbons (Fsp3) is 0.222. The number of amides is 1. The largest absolute Gasteiger partial charge is 0.273 e. The predicted octanol–water partition coefficient (Wildman–Crippen LogP) is 1.93. The molecular formula is C9H9BrClNO3S. The van der Waals surface area contributed by atoms with Gasteiger partial charge in [0, 0.05) is 5.02 Å². The highest BCUT2D eigenvalue weighted by molar-refractivity contribution is 9.10. The van der Waals surface area contributed by atoms with Gasteiger partial charge >= 0.3 is 0 Å². The van der Waals surface area contributed by atoms with Crippen LogP contribution in [0, 0.1) is 0 Å². The Hall–Kier alpha value is -0.590. The third-order valence-corrected chi connectivity index (χ3v) is 3.75. The molecule has 1 aromatic rings. The lowest BCUT2D eigenvalue weighted by atomic mass is 10.4. The first-order valence-corrected chi connectivity index (χ1v) is 7.07. The van der Waals surface area contributed by atoms with E-state index >= 15 is 0 Å². The van der Waals surface area contributed by atoms with Crippen LogP contribution in [0.1, 0.15) is 6.92 Å². The van der Waals surface area contributed by atoms with Gasteiger partial charge in [-0.05, 0) is 31.2 Å². The second-order valence-corrected chi connectivity index (χ2v) is 6.53. The molecule has 1 rings (SSSR count). The lowest BCUT2D eigenvalue weighted by molar-refractivity contribution is -0.118. The lowest BCUT2D eigenvalue weighted by Crippen LogP contribution is -2.34. The van der Waals surface area contributed by atoms with Gasteiger partial charge in [-0.15, -0.1) is 0 Å². The Bertz CT molecular complexity index is 484. The van der Waals surface area contributed by atoms with E-state index in [-0.39, 0.29) is 4.90 Å². The summed E-state index contributed by atoms with van der Waals surface area (Å²) in [5, 5.41) is 0.430. The fourth-order valence-electron chi connectivity index (χ4n) is 0.886. The van der Waals surface area contributed by atoms with E-state index in [1.165, 1.54) is 31.2 Å². The zero-order chi connectivity index (χ0) is 12.3. The number of sulfonamides is 1. The minimum Gasteiger partial charge on any atom is -0.273 e. The number of benzene rings is 1. The van der Waals surface area contributed by atoms with Crippen LogP contribution in [-0.4, -0.2) is 19.2 Å². The molecule has 0 saturated heterocycles. The van der Waals surface area contributed by atoms with Crippen molar-refractivity contribution in [3.8, 4) is 0 Å². The summed E-state index contributed by atoms with van der Waals surface area (Å²) < 4.78 is 25.3. The molecule has 0 heterocycles. The van der Waals surface area contributed by atoms with Crippen molar-refractivity contribution in [3.05, 3.63) is 29.3 Å². The Kier molecular flexibility index (Phi) is 4.35. The molecule has 0 aromatic heterocycles. The standard InChI is InChI=1S/C9H9BrClNO3S/c1-6(10)9(13)12-16(14,15)8-4-2-7(11)3-5-8/h2-6H,1H3,(H,12,13). The summed E-state index contributed by atoms with van der Waals surface area (Å²) in [7, 11) is -3.81. The highest BCUT2D eigenvalue weighted by Crippen LogP contribution is 2.14. The molecule has 1 N–H and O–H groups in total. The maximum absolute atomic E-state index is 11.7. The van der Waals surface area contributed by atoms with Gasteiger partial charge in [0.15, 0.2) is 0 Å². The van der Waals surface area contributed by atoms with Crippen LogP contribution in [0.2, 0.25) is 5.02 Å². The van der Waals surface area contributed by atoms with E-state index in [4.69, 9.17) is 11.6 Å². The first kappa shape index (κ1) is 13.5. The Morgan fingerprint density at radius 3 is 2.31 bits per heavy atom. The number of halogens is 2. The van der Waals surface area contributed by atoms with E-state index < -0.39 is 20.8 Å². The molecule has 1 amide bonds. The van der Waals surface area contributed by atoms with Crippen molar-refractivity contribution in [3.63, 3.8) is 0 Å². The third-order valence-electron chi connectivity index (χ3n) is 1.72. The number of nitrogens with one attached hydrogen (secondary N) is 1. The average molecular weight is 327 g/mol. The summed E-state index contributed by atoms with van der Waals surface area (Å²) in [6.07, 6.45) is 0. The fourth-order valence-corrected chi connectivity index (χ4v) is 2.33. The topological polar surface area (TPSA) is 63.2 Å². The Labute approximate surface area is 107 Å². The summed E-state index contributed by atoms with van der Waals surface area (Å²) in [5.74, 6) is -0.616. The second-order valence-electron chi connectivity index (χ2n) is 3.04. The van der Waals surface area contributed by atoms with Crippen LogP contribution in [0.4, 0.5) is 0 Å². The summed E-state index contributed by atoms with van der Waals surface area (Å²) in [6, 6.07) is 5.55. The van der Waals surface area contributed by atoms with Gasteiger partial charge in [-0.2, -0.15) is 0 Å². The molecule has 0 aliphatic heterocycles. The van der Waals surface area contributed by atoms with E-state index in [1.807, 2.05) is 4.72 Å². The van der Waals surface area contributed by atoms with Crippen molar-refractivity contribution < 1.29 is 13.2 Å². The van der Waals surface area contributed by atoms with E-state index in [2.05, 4.69) is 15.9 Å². The Morgan fingerprint density at radius 1 is 1.38 bits per heavy atom. The van der Waals surface area contributed by atoms with E-state index in [1.54, 1.807) is 0 Å². The van der Waals surface area contributed by atoms with Crippen molar-refractivity contribution in [2.75, 3.05) is 0 Å². The smallest absolute Gasteiger partial charge is 0.264 e. The molecule has 1 aromatic carbocycles. The summed E-state index contributed by atoms with van der Waals surface area (Å²) in [5.41, 5.74) is 0. The molecular weight excluding hydrogens is 318 g/mol. The number of carbonyl (C=O) groups is 1. The van der Waals surface area contributed by atoms with Crippen LogP contribution in [-0.2, 0) is 14.8 Å². The Morgan fingerprint density at radius 2 is 1.88 bits per heavy atom. The van der Waals surface area contributed by atoms with Gasteiger partial charge in [0.1, 0.15) is 0 Å². The van der Waals surface area contributed by atoms with Gasteiger partial charge in [0.05, 0.1) is 9.72 Å². The maximum Gasteiger partial charge on any atom is 0.264 e. The van der Waals surface area contributed by atoms with Gasteiger partial charge in [-0.25, -0.2) is 13.1 Å². The second kappa shape index (κ2) is 5.16. The Balaban J connectivity index is 2.95.